The fourth-order valence-electron chi connectivity index (χ4n) is 4.40. The van der Waals surface area contributed by atoms with Crippen molar-refractivity contribution in [2.24, 2.45) is 0 Å². The predicted molar refractivity (Wildman–Crippen MR) is 106 cm³/mol. The molecule has 0 amide bonds. The highest BCUT2D eigenvalue weighted by atomic mass is 16.5. The number of aryl methyl sites for hydroxylation is 2. The molecule has 0 aliphatic carbocycles. The van der Waals surface area contributed by atoms with E-state index in [9.17, 15) is 5.11 Å². The average Bonchev–Trinajstić information content (AvgIpc) is 2.67. The SMILES string of the molecule is CCN1CC[C@@H]2OCCN(c3ccc(-c4c(C)cc(C)cc4O)nn3)[C@@H]2C1. The van der Waals surface area contributed by atoms with Crippen LogP contribution in [0.5, 0.6) is 5.75 Å². The smallest absolute Gasteiger partial charge is 0.151 e. The molecule has 6 heteroatoms. The second kappa shape index (κ2) is 7.44. The Morgan fingerprint density at radius 1 is 1.19 bits per heavy atom. The lowest BCUT2D eigenvalue weighted by Gasteiger charge is -2.47. The Morgan fingerprint density at radius 3 is 2.74 bits per heavy atom. The van der Waals surface area contributed by atoms with E-state index in [1.54, 1.807) is 6.07 Å². The van der Waals surface area contributed by atoms with E-state index in [0.29, 0.717) is 11.7 Å². The Bertz CT molecular complexity index is 785. The molecule has 2 fully saturated rings. The summed E-state index contributed by atoms with van der Waals surface area (Å²) in [6.07, 6.45) is 1.34. The zero-order valence-electron chi connectivity index (χ0n) is 16.4. The van der Waals surface area contributed by atoms with E-state index in [1.807, 2.05) is 26.0 Å². The number of anilines is 1. The zero-order chi connectivity index (χ0) is 19.0. The van der Waals surface area contributed by atoms with E-state index < -0.39 is 0 Å². The van der Waals surface area contributed by atoms with Gasteiger partial charge in [0, 0.05) is 25.2 Å². The van der Waals surface area contributed by atoms with Gasteiger partial charge in [-0.3, -0.25) is 0 Å². The highest BCUT2D eigenvalue weighted by molar-refractivity contribution is 5.71. The lowest BCUT2D eigenvalue weighted by molar-refractivity contribution is -0.0282. The van der Waals surface area contributed by atoms with Gasteiger partial charge >= 0.3 is 0 Å². The number of rotatable bonds is 3. The minimum absolute atomic E-state index is 0.256. The molecule has 1 aromatic carbocycles. The van der Waals surface area contributed by atoms with Crippen molar-refractivity contribution >= 4 is 5.82 Å². The maximum Gasteiger partial charge on any atom is 0.151 e. The van der Waals surface area contributed by atoms with Crippen LogP contribution in [0.2, 0.25) is 0 Å². The minimum atomic E-state index is 0.256. The largest absolute Gasteiger partial charge is 0.507 e. The number of fused-ring (bicyclic) bond motifs is 1. The molecular formula is C21H28N4O2. The number of phenols is 1. The summed E-state index contributed by atoms with van der Waals surface area (Å²) in [6, 6.07) is 8.13. The molecule has 0 bridgehead atoms. The standard InChI is InChI=1S/C21H28N4O2/c1-4-24-8-7-19-17(13-24)25(9-10-27-19)20-6-5-16(22-23-20)21-15(3)11-14(2)12-18(21)26/h5-6,11-12,17,19,26H,4,7-10,13H2,1-3H3/t17-,19+/m1/s1. The van der Waals surface area contributed by atoms with Crippen LogP contribution in [-0.2, 0) is 4.74 Å². The van der Waals surface area contributed by atoms with E-state index in [0.717, 1.165) is 61.7 Å². The first kappa shape index (κ1) is 18.2. The third-order valence-electron chi connectivity index (χ3n) is 5.78. The first-order chi connectivity index (χ1) is 13.1. The molecule has 2 atom stereocenters. The lowest BCUT2D eigenvalue weighted by Crippen LogP contribution is -2.60. The number of likely N-dealkylation sites (tertiary alicyclic amines) is 1. The number of nitrogens with zero attached hydrogens (tertiary/aromatic N) is 4. The van der Waals surface area contributed by atoms with Crippen LogP contribution >= 0.6 is 0 Å². The van der Waals surface area contributed by atoms with Crippen molar-refractivity contribution < 1.29 is 9.84 Å². The normalized spacial score (nSPS) is 23.3. The third-order valence-corrected chi connectivity index (χ3v) is 5.78. The molecule has 0 saturated carbocycles. The molecule has 27 heavy (non-hydrogen) atoms. The van der Waals surface area contributed by atoms with Crippen molar-refractivity contribution in [3.63, 3.8) is 0 Å². The predicted octanol–water partition coefficient (Wildman–Crippen LogP) is 2.77. The van der Waals surface area contributed by atoms with Crippen molar-refractivity contribution in [3.05, 3.63) is 35.4 Å². The monoisotopic (exact) mass is 368 g/mol. The molecule has 2 aliphatic heterocycles. The molecule has 2 saturated heterocycles. The van der Waals surface area contributed by atoms with Crippen LogP contribution in [0.4, 0.5) is 5.82 Å². The topological polar surface area (TPSA) is 61.7 Å². The zero-order valence-corrected chi connectivity index (χ0v) is 16.4. The number of morpholine rings is 1. The van der Waals surface area contributed by atoms with Crippen LogP contribution in [0.15, 0.2) is 24.3 Å². The molecule has 0 unspecified atom stereocenters. The molecule has 3 heterocycles. The van der Waals surface area contributed by atoms with Gasteiger partial charge in [0.2, 0.25) is 0 Å². The number of piperidine rings is 1. The van der Waals surface area contributed by atoms with Crippen molar-refractivity contribution in [2.75, 3.05) is 37.7 Å². The van der Waals surface area contributed by atoms with Gasteiger partial charge in [-0.1, -0.05) is 13.0 Å². The molecule has 0 radical (unpaired) electrons. The van der Waals surface area contributed by atoms with E-state index in [4.69, 9.17) is 4.74 Å². The third kappa shape index (κ3) is 3.51. The van der Waals surface area contributed by atoms with Gasteiger partial charge in [-0.25, -0.2) is 0 Å². The fourth-order valence-corrected chi connectivity index (χ4v) is 4.40. The number of ether oxygens (including phenoxy) is 1. The fraction of sp³-hybridized carbons (Fsp3) is 0.524. The molecule has 6 nitrogen and oxygen atoms in total. The Hall–Kier alpha value is -2.18. The number of hydrogen-bond acceptors (Lipinski definition) is 6. The molecule has 4 rings (SSSR count). The molecule has 144 valence electrons. The van der Waals surface area contributed by atoms with Crippen LogP contribution in [0.3, 0.4) is 0 Å². The highest BCUT2D eigenvalue weighted by Gasteiger charge is 2.37. The summed E-state index contributed by atoms with van der Waals surface area (Å²) in [7, 11) is 0. The number of aromatic nitrogens is 2. The molecule has 2 aromatic rings. The molecule has 2 aliphatic rings. The summed E-state index contributed by atoms with van der Waals surface area (Å²) in [5, 5.41) is 19.3. The summed E-state index contributed by atoms with van der Waals surface area (Å²) in [6.45, 7) is 10.9. The molecular weight excluding hydrogens is 340 g/mol. The van der Waals surface area contributed by atoms with Gasteiger partial charge in [0.15, 0.2) is 5.82 Å². The second-order valence-corrected chi connectivity index (χ2v) is 7.60. The van der Waals surface area contributed by atoms with Crippen LogP contribution in [-0.4, -0.2) is 65.1 Å². The first-order valence-corrected chi connectivity index (χ1v) is 9.81. The van der Waals surface area contributed by atoms with Gasteiger partial charge in [-0.15, -0.1) is 10.2 Å². The molecule has 0 spiro atoms. The van der Waals surface area contributed by atoms with Crippen molar-refractivity contribution in [2.45, 2.75) is 39.3 Å². The molecule has 1 aromatic heterocycles. The Morgan fingerprint density at radius 2 is 2.04 bits per heavy atom. The Balaban J connectivity index is 1.60. The number of aromatic hydroxyl groups is 1. The summed E-state index contributed by atoms with van der Waals surface area (Å²) in [4.78, 5) is 4.81. The van der Waals surface area contributed by atoms with Gasteiger partial charge in [0.05, 0.1) is 24.4 Å². The van der Waals surface area contributed by atoms with Gasteiger partial charge in [0.25, 0.3) is 0 Å². The summed E-state index contributed by atoms with van der Waals surface area (Å²) in [5.74, 6) is 1.14. The minimum Gasteiger partial charge on any atom is -0.507 e. The summed E-state index contributed by atoms with van der Waals surface area (Å²) < 4.78 is 6.01. The van der Waals surface area contributed by atoms with E-state index in [1.165, 1.54) is 0 Å². The van der Waals surface area contributed by atoms with E-state index in [-0.39, 0.29) is 11.9 Å². The maximum absolute atomic E-state index is 10.4. The van der Waals surface area contributed by atoms with Crippen LogP contribution in [0.1, 0.15) is 24.5 Å². The van der Waals surface area contributed by atoms with E-state index >= 15 is 0 Å². The number of phenolic OH excluding ortho intramolecular Hbond substituents is 1. The average molecular weight is 368 g/mol. The van der Waals surface area contributed by atoms with Crippen molar-refractivity contribution in [3.8, 4) is 17.0 Å². The van der Waals surface area contributed by atoms with Crippen molar-refractivity contribution in [1.82, 2.24) is 15.1 Å². The Labute approximate surface area is 160 Å². The van der Waals surface area contributed by atoms with Crippen LogP contribution in [0, 0.1) is 13.8 Å². The lowest BCUT2D eigenvalue weighted by atomic mass is 9.98. The van der Waals surface area contributed by atoms with E-state index in [2.05, 4.69) is 33.0 Å². The number of benzene rings is 1. The molecule has 1 N–H and O–H groups in total. The maximum atomic E-state index is 10.4. The summed E-state index contributed by atoms with van der Waals surface area (Å²) in [5.41, 5.74) is 3.51. The van der Waals surface area contributed by atoms with Crippen molar-refractivity contribution in [1.29, 1.82) is 0 Å². The quantitative estimate of drug-likeness (QED) is 0.899. The first-order valence-electron chi connectivity index (χ1n) is 9.81. The van der Waals surface area contributed by atoms with Gasteiger partial charge < -0.3 is 19.6 Å². The van der Waals surface area contributed by atoms with Gasteiger partial charge in [-0.05, 0) is 56.1 Å². The van der Waals surface area contributed by atoms with Gasteiger partial charge in [0.1, 0.15) is 5.75 Å². The van der Waals surface area contributed by atoms with Gasteiger partial charge in [-0.2, -0.15) is 0 Å². The Kier molecular flexibility index (Phi) is 5.02. The number of likely N-dealkylation sites (N-methyl/N-ethyl adjacent to an activating group) is 1. The van der Waals surface area contributed by atoms with Crippen LogP contribution < -0.4 is 4.90 Å². The number of hydrogen-bond donors (Lipinski definition) is 1. The van der Waals surface area contributed by atoms with Crippen LogP contribution in [0.25, 0.3) is 11.3 Å². The highest BCUT2D eigenvalue weighted by Crippen LogP contribution is 2.33. The second-order valence-electron chi connectivity index (χ2n) is 7.60. The summed E-state index contributed by atoms with van der Waals surface area (Å²) >= 11 is 0.